The summed E-state index contributed by atoms with van der Waals surface area (Å²) >= 11 is 1.35. The Morgan fingerprint density at radius 2 is 1.73 bits per heavy atom. The molecule has 4 bridgehead atoms. The highest BCUT2D eigenvalue weighted by molar-refractivity contribution is 7.99. The van der Waals surface area contributed by atoms with Crippen LogP contribution in [0.2, 0.25) is 0 Å². The van der Waals surface area contributed by atoms with Gasteiger partial charge in [-0.05, 0) is 85.8 Å². The summed E-state index contributed by atoms with van der Waals surface area (Å²) in [6.07, 6.45) is 7.13. The number of carbonyl (C=O) groups is 1. The van der Waals surface area contributed by atoms with Gasteiger partial charge in [0.1, 0.15) is 5.78 Å². The summed E-state index contributed by atoms with van der Waals surface area (Å²) in [4.78, 5) is 26.8. The number of hydrogen-bond acceptors (Lipinski definition) is 6. The van der Waals surface area contributed by atoms with E-state index in [9.17, 15) is 9.59 Å². The summed E-state index contributed by atoms with van der Waals surface area (Å²) < 4.78 is 4.92. The zero-order valence-electron chi connectivity index (χ0n) is 19.0. The Kier molecular flexibility index (Phi) is 4.87. The first-order valence-electron chi connectivity index (χ1n) is 11.7. The standard InChI is InChI=1S/C24H28N6O2S/c1-15-21(22(32)30(28(15)2)19-6-4-3-5-7-19)29-23(25-26-27-29)33-14-20(31)24-11-16-8-17(12-24)10-18(9-16)13-24/h3-7,16-18H,8-14H2,1-2H3. The molecule has 3 aromatic rings. The minimum Gasteiger partial charge on any atom is -0.298 e. The van der Waals surface area contributed by atoms with E-state index in [2.05, 4.69) is 15.5 Å². The van der Waals surface area contributed by atoms with Crippen molar-refractivity contribution in [3.8, 4) is 11.4 Å². The van der Waals surface area contributed by atoms with E-state index in [0.717, 1.165) is 48.4 Å². The Bertz CT molecular complexity index is 1240. The van der Waals surface area contributed by atoms with Gasteiger partial charge in [0.15, 0.2) is 5.69 Å². The van der Waals surface area contributed by atoms with Crippen molar-refractivity contribution in [2.24, 2.45) is 30.2 Å². The van der Waals surface area contributed by atoms with E-state index in [1.165, 1.54) is 35.7 Å². The number of aromatic nitrogens is 6. The Morgan fingerprint density at radius 3 is 2.36 bits per heavy atom. The van der Waals surface area contributed by atoms with Gasteiger partial charge in [-0.2, -0.15) is 4.68 Å². The van der Waals surface area contributed by atoms with Crippen LogP contribution < -0.4 is 5.56 Å². The number of para-hydroxylation sites is 1. The van der Waals surface area contributed by atoms with E-state index < -0.39 is 0 Å². The van der Waals surface area contributed by atoms with E-state index in [1.54, 1.807) is 4.68 Å². The Morgan fingerprint density at radius 1 is 1.09 bits per heavy atom. The van der Waals surface area contributed by atoms with Crippen LogP contribution in [0.25, 0.3) is 11.4 Å². The minimum atomic E-state index is -0.192. The summed E-state index contributed by atoms with van der Waals surface area (Å²) in [5.41, 5.74) is 1.62. The third kappa shape index (κ3) is 3.31. The normalized spacial score (nSPS) is 27.9. The van der Waals surface area contributed by atoms with Crippen molar-refractivity contribution >= 4 is 17.5 Å². The van der Waals surface area contributed by atoms with Crippen LogP contribution in [0.3, 0.4) is 0 Å². The van der Waals surface area contributed by atoms with Gasteiger partial charge in [-0.3, -0.25) is 14.3 Å². The first-order valence-corrected chi connectivity index (χ1v) is 12.7. The average molecular weight is 465 g/mol. The van der Waals surface area contributed by atoms with Gasteiger partial charge in [-0.25, -0.2) is 4.68 Å². The van der Waals surface area contributed by atoms with Gasteiger partial charge < -0.3 is 0 Å². The molecule has 172 valence electrons. The lowest BCUT2D eigenvalue weighted by atomic mass is 9.48. The number of thioether (sulfide) groups is 1. The van der Waals surface area contributed by atoms with Crippen molar-refractivity contribution in [3.63, 3.8) is 0 Å². The van der Waals surface area contributed by atoms with Crippen LogP contribution in [0.4, 0.5) is 0 Å². The lowest BCUT2D eigenvalue weighted by Gasteiger charge is -2.56. The summed E-state index contributed by atoms with van der Waals surface area (Å²) in [6.45, 7) is 1.88. The average Bonchev–Trinajstić information content (AvgIpc) is 3.33. The topological polar surface area (TPSA) is 87.6 Å². The predicted molar refractivity (Wildman–Crippen MR) is 125 cm³/mol. The molecule has 4 saturated carbocycles. The van der Waals surface area contributed by atoms with Crippen LogP contribution >= 0.6 is 11.8 Å². The van der Waals surface area contributed by atoms with Gasteiger partial charge in [0.25, 0.3) is 5.56 Å². The number of tetrazole rings is 1. The largest absolute Gasteiger partial charge is 0.298 e. The molecule has 0 saturated heterocycles. The van der Waals surface area contributed by atoms with Crippen LogP contribution in [-0.2, 0) is 11.8 Å². The number of carbonyl (C=O) groups excluding carboxylic acids is 1. The molecular formula is C24H28N6O2S. The SMILES string of the molecule is Cc1c(-n2nnnc2SCC(=O)C23CC4CC(CC(C4)C2)C3)c(=O)n(-c2ccccc2)n1C. The van der Waals surface area contributed by atoms with Crippen LogP contribution in [-0.4, -0.2) is 41.1 Å². The molecular weight excluding hydrogens is 436 g/mol. The molecule has 0 unspecified atom stereocenters. The predicted octanol–water partition coefficient (Wildman–Crippen LogP) is 3.34. The lowest BCUT2D eigenvalue weighted by Crippen LogP contribution is -2.50. The smallest absolute Gasteiger partial charge is 0.297 e. The van der Waals surface area contributed by atoms with Crippen molar-refractivity contribution in [2.75, 3.05) is 5.75 Å². The maximum atomic E-state index is 13.4. The second-order valence-electron chi connectivity index (χ2n) is 10.2. The number of Topliss-reactive ketones (excluding diaryl/α,β-unsaturated/α-hetero) is 1. The Hall–Kier alpha value is -2.68. The molecule has 8 nitrogen and oxygen atoms in total. The van der Waals surface area contributed by atoms with Crippen molar-refractivity contribution in [3.05, 3.63) is 46.4 Å². The van der Waals surface area contributed by atoms with Crippen LogP contribution in [0.1, 0.15) is 44.2 Å². The second kappa shape index (κ2) is 7.68. The molecule has 9 heteroatoms. The number of rotatable bonds is 6. The van der Waals surface area contributed by atoms with Crippen LogP contribution in [0.5, 0.6) is 0 Å². The first-order chi connectivity index (χ1) is 15.9. The number of nitrogens with zero attached hydrogens (tertiary/aromatic N) is 6. The van der Waals surface area contributed by atoms with E-state index >= 15 is 0 Å². The molecule has 1 aromatic carbocycles. The maximum Gasteiger partial charge on any atom is 0.297 e. The molecule has 0 spiro atoms. The van der Waals surface area contributed by atoms with Crippen molar-refractivity contribution in [2.45, 2.75) is 50.6 Å². The molecule has 0 amide bonds. The Labute approximate surface area is 196 Å². The molecule has 4 aliphatic carbocycles. The highest BCUT2D eigenvalue weighted by atomic mass is 32.2. The van der Waals surface area contributed by atoms with E-state index in [0.29, 0.717) is 22.4 Å². The second-order valence-corrected chi connectivity index (χ2v) is 11.1. The van der Waals surface area contributed by atoms with Crippen LogP contribution in [0.15, 0.2) is 40.3 Å². The highest BCUT2D eigenvalue weighted by Crippen LogP contribution is 2.60. The zero-order chi connectivity index (χ0) is 22.7. The maximum absolute atomic E-state index is 13.4. The van der Waals surface area contributed by atoms with E-state index in [-0.39, 0.29) is 11.0 Å². The van der Waals surface area contributed by atoms with Crippen LogP contribution in [0, 0.1) is 30.1 Å². The molecule has 2 aromatic heterocycles. The fourth-order valence-corrected chi connectivity index (χ4v) is 7.85. The summed E-state index contributed by atoms with van der Waals surface area (Å²) in [5.74, 6) is 2.90. The summed E-state index contributed by atoms with van der Waals surface area (Å²) in [5, 5.41) is 12.6. The van der Waals surface area contributed by atoms with Gasteiger partial charge in [0.2, 0.25) is 5.16 Å². The monoisotopic (exact) mass is 464 g/mol. The number of benzene rings is 1. The number of ketones is 1. The fraction of sp³-hybridized carbons (Fsp3) is 0.542. The fourth-order valence-electron chi connectivity index (χ4n) is 6.94. The molecule has 33 heavy (non-hydrogen) atoms. The van der Waals surface area contributed by atoms with Gasteiger partial charge in [0.05, 0.1) is 17.1 Å². The minimum absolute atomic E-state index is 0.136. The van der Waals surface area contributed by atoms with Gasteiger partial charge in [-0.15, -0.1) is 5.10 Å². The van der Waals surface area contributed by atoms with Gasteiger partial charge in [-0.1, -0.05) is 30.0 Å². The number of hydrogen-bond donors (Lipinski definition) is 0. The van der Waals surface area contributed by atoms with Gasteiger partial charge in [0, 0.05) is 12.5 Å². The van der Waals surface area contributed by atoms with E-state index in [4.69, 9.17) is 0 Å². The van der Waals surface area contributed by atoms with E-state index in [1.807, 2.05) is 49.0 Å². The molecule has 4 fully saturated rings. The lowest BCUT2D eigenvalue weighted by molar-refractivity contribution is -0.141. The third-order valence-electron chi connectivity index (χ3n) is 8.14. The third-order valence-corrected chi connectivity index (χ3v) is 9.06. The van der Waals surface area contributed by atoms with Crippen molar-refractivity contribution in [1.82, 2.24) is 29.6 Å². The molecule has 0 N–H and O–H groups in total. The molecule has 7 rings (SSSR count). The van der Waals surface area contributed by atoms with Gasteiger partial charge >= 0.3 is 0 Å². The summed E-state index contributed by atoms with van der Waals surface area (Å²) in [7, 11) is 1.85. The Balaban J connectivity index is 1.27. The molecule has 0 aliphatic heterocycles. The summed E-state index contributed by atoms with van der Waals surface area (Å²) in [6, 6.07) is 9.51. The van der Waals surface area contributed by atoms with Crippen molar-refractivity contribution < 1.29 is 4.79 Å². The molecule has 2 heterocycles. The zero-order valence-corrected chi connectivity index (χ0v) is 19.8. The quantitative estimate of drug-likeness (QED) is 0.520. The molecule has 0 atom stereocenters. The first kappa shape index (κ1) is 20.9. The molecule has 0 radical (unpaired) electrons. The highest BCUT2D eigenvalue weighted by Gasteiger charge is 2.54. The molecule has 4 aliphatic rings. The van der Waals surface area contributed by atoms with Crippen molar-refractivity contribution in [1.29, 1.82) is 0 Å².